The van der Waals surface area contributed by atoms with Crippen molar-refractivity contribution in [2.75, 3.05) is 0 Å². The van der Waals surface area contributed by atoms with Crippen molar-refractivity contribution in [1.82, 2.24) is 4.57 Å². The number of benzene rings is 1. The first kappa shape index (κ1) is 8.55. The van der Waals surface area contributed by atoms with Crippen molar-refractivity contribution in [1.29, 1.82) is 0 Å². The van der Waals surface area contributed by atoms with Gasteiger partial charge in [0.15, 0.2) is 0 Å². The van der Waals surface area contributed by atoms with Gasteiger partial charge in [-0.25, -0.2) is 0 Å². The summed E-state index contributed by atoms with van der Waals surface area (Å²) in [4.78, 5) is 10.2. The normalized spacial score (nSPS) is 10.6. The average Bonchev–Trinajstić information content (AvgIpc) is 2.44. The molecule has 0 saturated carbocycles. The number of fused-ring (bicyclic) bond motifs is 1. The Bertz CT molecular complexity index is 516. The Morgan fingerprint density at radius 1 is 1.50 bits per heavy atom. The highest BCUT2D eigenvalue weighted by atomic mass is 16.6. The zero-order chi connectivity index (χ0) is 10.3. The lowest BCUT2D eigenvalue weighted by Gasteiger charge is -1.94. The van der Waals surface area contributed by atoms with Crippen LogP contribution in [-0.4, -0.2) is 14.6 Å². The van der Waals surface area contributed by atoms with Crippen LogP contribution >= 0.6 is 0 Å². The lowest BCUT2D eigenvalue weighted by Crippen LogP contribution is -1.85. The molecule has 5 nitrogen and oxygen atoms in total. The van der Waals surface area contributed by atoms with Gasteiger partial charge in [-0.3, -0.25) is 10.1 Å². The smallest absolute Gasteiger partial charge is 0.294 e. The molecule has 0 fully saturated rings. The summed E-state index contributed by atoms with van der Waals surface area (Å²) in [6.45, 7) is 0. The maximum absolute atomic E-state index is 10.6. The number of aromatic nitrogens is 1. The van der Waals surface area contributed by atoms with Crippen molar-refractivity contribution in [3.63, 3.8) is 0 Å². The second kappa shape index (κ2) is 2.73. The minimum absolute atomic E-state index is 0.0579. The standard InChI is InChI=1S/C9H8N2O3/c1-10-5-9(11(13)14)7-3-2-6(12)4-8(7)10/h2-5,12H,1H3. The van der Waals surface area contributed by atoms with Crippen LogP contribution in [0.1, 0.15) is 0 Å². The molecule has 0 aliphatic rings. The molecule has 1 N–H and O–H groups in total. The molecule has 0 aliphatic heterocycles. The first-order valence-electron chi connectivity index (χ1n) is 4.02. The highest BCUT2D eigenvalue weighted by Gasteiger charge is 2.15. The Labute approximate surface area is 79.3 Å². The summed E-state index contributed by atoms with van der Waals surface area (Å²) in [6.07, 6.45) is 1.43. The molecule has 0 spiro atoms. The lowest BCUT2D eigenvalue weighted by molar-refractivity contribution is -0.383. The van der Waals surface area contributed by atoms with E-state index in [4.69, 9.17) is 0 Å². The first-order chi connectivity index (χ1) is 6.59. The first-order valence-corrected chi connectivity index (χ1v) is 4.02. The van der Waals surface area contributed by atoms with Gasteiger partial charge in [0.25, 0.3) is 5.69 Å². The number of hydrogen-bond acceptors (Lipinski definition) is 3. The Morgan fingerprint density at radius 2 is 2.21 bits per heavy atom. The molecular formula is C9H8N2O3. The monoisotopic (exact) mass is 192 g/mol. The van der Waals surface area contributed by atoms with Crippen LogP contribution in [0.5, 0.6) is 5.75 Å². The van der Waals surface area contributed by atoms with Gasteiger partial charge >= 0.3 is 0 Å². The fourth-order valence-corrected chi connectivity index (χ4v) is 1.50. The van der Waals surface area contributed by atoms with E-state index in [0.29, 0.717) is 10.9 Å². The Kier molecular flexibility index (Phi) is 1.67. The zero-order valence-electron chi connectivity index (χ0n) is 7.47. The molecule has 5 heteroatoms. The SMILES string of the molecule is Cn1cc([N+](=O)[O-])c2ccc(O)cc21. The van der Waals surface area contributed by atoms with E-state index in [9.17, 15) is 15.2 Å². The molecule has 1 aromatic heterocycles. The molecular weight excluding hydrogens is 184 g/mol. The Hall–Kier alpha value is -2.04. The maximum atomic E-state index is 10.6. The highest BCUT2D eigenvalue weighted by Crippen LogP contribution is 2.29. The van der Waals surface area contributed by atoms with Crippen LogP contribution in [0, 0.1) is 10.1 Å². The van der Waals surface area contributed by atoms with E-state index in [1.54, 1.807) is 17.7 Å². The van der Waals surface area contributed by atoms with Gasteiger partial charge in [-0.2, -0.15) is 0 Å². The Morgan fingerprint density at radius 3 is 2.86 bits per heavy atom. The molecule has 0 radical (unpaired) electrons. The van der Waals surface area contributed by atoms with Crippen molar-refractivity contribution < 1.29 is 10.0 Å². The van der Waals surface area contributed by atoms with Crippen LogP contribution in [-0.2, 0) is 7.05 Å². The number of nitro groups is 1. The van der Waals surface area contributed by atoms with Crippen molar-refractivity contribution in [3.05, 3.63) is 34.5 Å². The summed E-state index contributed by atoms with van der Waals surface area (Å²) in [6, 6.07) is 4.49. The summed E-state index contributed by atoms with van der Waals surface area (Å²) < 4.78 is 1.62. The number of phenolic OH excluding ortho intramolecular Hbond substituents is 1. The summed E-state index contributed by atoms with van der Waals surface area (Å²) in [5.41, 5.74) is 0.708. The molecule has 0 unspecified atom stereocenters. The van der Waals surface area contributed by atoms with Crippen LogP contribution in [0.25, 0.3) is 10.9 Å². The molecule has 0 saturated heterocycles. The molecule has 1 aromatic carbocycles. The second-order valence-electron chi connectivity index (χ2n) is 3.08. The predicted molar refractivity (Wildman–Crippen MR) is 51.2 cm³/mol. The van der Waals surface area contributed by atoms with Crippen LogP contribution in [0.15, 0.2) is 24.4 Å². The number of nitrogens with zero attached hydrogens (tertiary/aromatic N) is 2. The summed E-state index contributed by atoms with van der Waals surface area (Å²) >= 11 is 0. The molecule has 14 heavy (non-hydrogen) atoms. The number of aromatic hydroxyl groups is 1. The van der Waals surface area contributed by atoms with Gasteiger partial charge in [0.2, 0.25) is 0 Å². The molecule has 0 amide bonds. The predicted octanol–water partition coefficient (Wildman–Crippen LogP) is 1.79. The third-order valence-corrected chi connectivity index (χ3v) is 2.15. The molecule has 0 atom stereocenters. The van der Waals surface area contributed by atoms with E-state index in [2.05, 4.69) is 0 Å². The van der Waals surface area contributed by atoms with Crippen LogP contribution in [0.3, 0.4) is 0 Å². The van der Waals surface area contributed by atoms with E-state index in [1.165, 1.54) is 18.3 Å². The van der Waals surface area contributed by atoms with E-state index in [-0.39, 0.29) is 11.4 Å². The van der Waals surface area contributed by atoms with E-state index in [0.717, 1.165) is 0 Å². The van der Waals surface area contributed by atoms with Gasteiger partial charge in [-0.15, -0.1) is 0 Å². The van der Waals surface area contributed by atoms with Gasteiger partial charge in [0.1, 0.15) is 5.75 Å². The molecule has 2 aromatic rings. The number of phenols is 1. The molecule has 0 bridgehead atoms. The zero-order valence-corrected chi connectivity index (χ0v) is 7.47. The van der Waals surface area contributed by atoms with Crippen molar-refractivity contribution in [3.8, 4) is 5.75 Å². The van der Waals surface area contributed by atoms with Gasteiger partial charge in [0, 0.05) is 13.1 Å². The minimum Gasteiger partial charge on any atom is -0.508 e. The average molecular weight is 192 g/mol. The third-order valence-electron chi connectivity index (χ3n) is 2.15. The molecule has 0 aliphatic carbocycles. The largest absolute Gasteiger partial charge is 0.508 e. The fourth-order valence-electron chi connectivity index (χ4n) is 1.50. The van der Waals surface area contributed by atoms with E-state index >= 15 is 0 Å². The van der Waals surface area contributed by atoms with Gasteiger partial charge in [-0.05, 0) is 12.1 Å². The number of hydrogen-bond donors (Lipinski definition) is 1. The third kappa shape index (κ3) is 1.10. The van der Waals surface area contributed by atoms with Crippen molar-refractivity contribution >= 4 is 16.6 Å². The van der Waals surface area contributed by atoms with E-state index in [1.807, 2.05) is 0 Å². The summed E-state index contributed by atoms with van der Waals surface area (Å²) in [7, 11) is 1.70. The van der Waals surface area contributed by atoms with Gasteiger partial charge in [-0.1, -0.05) is 0 Å². The maximum Gasteiger partial charge on any atom is 0.294 e. The van der Waals surface area contributed by atoms with Gasteiger partial charge < -0.3 is 9.67 Å². The lowest BCUT2D eigenvalue weighted by atomic mass is 10.2. The van der Waals surface area contributed by atoms with Crippen LogP contribution < -0.4 is 0 Å². The highest BCUT2D eigenvalue weighted by molar-refractivity contribution is 5.90. The van der Waals surface area contributed by atoms with Crippen LogP contribution in [0.2, 0.25) is 0 Å². The minimum atomic E-state index is -0.431. The Balaban J connectivity index is 2.84. The molecule has 2 rings (SSSR count). The number of aryl methyl sites for hydroxylation is 1. The second-order valence-corrected chi connectivity index (χ2v) is 3.08. The summed E-state index contributed by atoms with van der Waals surface area (Å²) in [5.74, 6) is 0.105. The van der Waals surface area contributed by atoms with Crippen LogP contribution in [0.4, 0.5) is 5.69 Å². The fraction of sp³-hybridized carbons (Fsp3) is 0.111. The van der Waals surface area contributed by atoms with E-state index < -0.39 is 4.92 Å². The number of rotatable bonds is 1. The molecule has 72 valence electrons. The summed E-state index contributed by atoms with van der Waals surface area (Å²) in [5, 5.41) is 20.4. The van der Waals surface area contributed by atoms with Gasteiger partial charge in [0.05, 0.1) is 22.0 Å². The quantitative estimate of drug-likeness (QED) is 0.553. The topological polar surface area (TPSA) is 68.3 Å². The molecule has 1 heterocycles. The van der Waals surface area contributed by atoms with Crippen molar-refractivity contribution in [2.45, 2.75) is 0 Å². The van der Waals surface area contributed by atoms with Crippen molar-refractivity contribution in [2.24, 2.45) is 7.05 Å².